The second kappa shape index (κ2) is 7.84. The number of hydrogen-bond donors (Lipinski definition) is 1. The van der Waals surface area contributed by atoms with Gasteiger partial charge in [0.2, 0.25) is 5.91 Å². The molecule has 9 heteroatoms. The minimum Gasteiger partial charge on any atom is -0.310 e. The number of aryl methyl sites for hydroxylation is 2. The number of fused-ring (bicyclic) bond motifs is 1. The summed E-state index contributed by atoms with van der Waals surface area (Å²) in [6.45, 7) is 3.90. The van der Waals surface area contributed by atoms with Gasteiger partial charge < -0.3 is 5.32 Å². The van der Waals surface area contributed by atoms with Gasteiger partial charge in [-0.25, -0.2) is 9.67 Å². The Morgan fingerprint density at radius 2 is 1.97 bits per heavy atom. The highest BCUT2D eigenvalue weighted by molar-refractivity contribution is 7.99. The lowest BCUT2D eigenvalue weighted by molar-refractivity contribution is -0.113. The van der Waals surface area contributed by atoms with Crippen LogP contribution < -0.4 is 10.9 Å². The van der Waals surface area contributed by atoms with E-state index in [1.54, 1.807) is 17.8 Å². The highest BCUT2D eigenvalue weighted by atomic mass is 32.2. The Hall–Kier alpha value is -2.91. The molecule has 0 bridgehead atoms. The number of carbonyl (C=O) groups is 1. The van der Waals surface area contributed by atoms with Gasteiger partial charge in [0.25, 0.3) is 5.56 Å². The maximum atomic E-state index is 12.6. The molecule has 3 aromatic heterocycles. The molecule has 1 N–H and O–H groups in total. The summed E-state index contributed by atoms with van der Waals surface area (Å²) >= 11 is 2.65. The highest BCUT2D eigenvalue weighted by Crippen LogP contribution is 2.22. The van der Waals surface area contributed by atoms with Gasteiger partial charge in [0.1, 0.15) is 10.6 Å². The Bertz CT molecular complexity index is 1250. The number of amides is 1. The van der Waals surface area contributed by atoms with Crippen molar-refractivity contribution in [1.29, 1.82) is 0 Å². The van der Waals surface area contributed by atoms with Crippen LogP contribution in [0.25, 0.3) is 15.9 Å². The van der Waals surface area contributed by atoms with E-state index in [9.17, 15) is 9.59 Å². The van der Waals surface area contributed by atoms with E-state index in [1.807, 2.05) is 49.6 Å². The van der Waals surface area contributed by atoms with Gasteiger partial charge in [-0.3, -0.25) is 14.2 Å². The predicted molar refractivity (Wildman–Crippen MR) is 117 cm³/mol. The lowest BCUT2D eigenvalue weighted by atomic mass is 10.2. The Kier molecular flexibility index (Phi) is 5.25. The van der Waals surface area contributed by atoms with Crippen LogP contribution in [0.5, 0.6) is 0 Å². The predicted octanol–water partition coefficient (Wildman–Crippen LogP) is 3.53. The number of aromatic nitrogens is 4. The largest absolute Gasteiger partial charge is 0.310 e. The quantitative estimate of drug-likeness (QED) is 0.391. The van der Waals surface area contributed by atoms with Gasteiger partial charge in [-0.1, -0.05) is 29.5 Å². The summed E-state index contributed by atoms with van der Waals surface area (Å²) in [4.78, 5) is 30.1. The number of hydrogen-bond acceptors (Lipinski definition) is 6. The first-order chi connectivity index (χ1) is 13.9. The summed E-state index contributed by atoms with van der Waals surface area (Å²) in [5.41, 5.74) is 2.73. The average molecular weight is 426 g/mol. The van der Waals surface area contributed by atoms with E-state index < -0.39 is 0 Å². The van der Waals surface area contributed by atoms with E-state index >= 15 is 0 Å². The van der Waals surface area contributed by atoms with Gasteiger partial charge in [0.05, 0.1) is 22.5 Å². The van der Waals surface area contributed by atoms with Crippen LogP contribution in [0.15, 0.2) is 51.7 Å². The molecule has 0 aliphatic rings. The monoisotopic (exact) mass is 425 g/mol. The molecule has 0 radical (unpaired) electrons. The van der Waals surface area contributed by atoms with Gasteiger partial charge >= 0.3 is 0 Å². The van der Waals surface area contributed by atoms with E-state index in [-0.39, 0.29) is 17.2 Å². The van der Waals surface area contributed by atoms with Gasteiger partial charge in [-0.2, -0.15) is 5.10 Å². The number of nitrogens with one attached hydrogen (secondary N) is 1. The number of nitrogens with zero attached hydrogens (tertiary/aromatic N) is 4. The first kappa shape index (κ1) is 19.4. The Morgan fingerprint density at radius 3 is 2.72 bits per heavy atom. The lowest BCUT2D eigenvalue weighted by Gasteiger charge is -2.10. The van der Waals surface area contributed by atoms with Crippen LogP contribution in [0.4, 0.5) is 5.82 Å². The molecule has 0 spiro atoms. The fraction of sp³-hybridized carbons (Fsp3) is 0.200. The molecule has 1 aromatic carbocycles. The average Bonchev–Trinajstić information content (AvgIpc) is 3.30. The van der Waals surface area contributed by atoms with Gasteiger partial charge in [-0.15, -0.1) is 11.3 Å². The Labute approximate surface area is 175 Å². The summed E-state index contributed by atoms with van der Waals surface area (Å²) in [6.07, 6.45) is 0. The zero-order chi connectivity index (χ0) is 20.5. The molecule has 7 nitrogen and oxygen atoms in total. The number of thioether (sulfide) groups is 1. The van der Waals surface area contributed by atoms with Crippen molar-refractivity contribution >= 4 is 45.0 Å². The second-order valence-corrected chi connectivity index (χ2v) is 8.49. The topological polar surface area (TPSA) is 81.8 Å². The van der Waals surface area contributed by atoms with Crippen molar-refractivity contribution in [3.63, 3.8) is 0 Å². The first-order valence-electron chi connectivity index (χ1n) is 8.93. The van der Waals surface area contributed by atoms with Crippen molar-refractivity contribution < 1.29 is 4.79 Å². The molecule has 0 atom stereocenters. The molecule has 29 heavy (non-hydrogen) atoms. The third-order valence-corrected chi connectivity index (χ3v) is 6.21. The number of thiophene rings is 1. The number of benzene rings is 1. The van der Waals surface area contributed by atoms with E-state index in [0.717, 1.165) is 16.9 Å². The van der Waals surface area contributed by atoms with Crippen LogP contribution >= 0.6 is 23.1 Å². The van der Waals surface area contributed by atoms with Gasteiger partial charge in [-0.05, 0) is 37.4 Å². The molecule has 3 heterocycles. The molecule has 0 unspecified atom stereocenters. The number of anilines is 1. The zero-order valence-electron chi connectivity index (χ0n) is 16.2. The van der Waals surface area contributed by atoms with Crippen LogP contribution in [0, 0.1) is 13.8 Å². The smallest absolute Gasteiger partial charge is 0.262 e. The summed E-state index contributed by atoms with van der Waals surface area (Å²) < 4.78 is 3.19. The molecule has 148 valence electrons. The van der Waals surface area contributed by atoms with Crippen LogP contribution in [-0.2, 0) is 11.8 Å². The van der Waals surface area contributed by atoms with E-state index in [1.165, 1.54) is 27.7 Å². The van der Waals surface area contributed by atoms with Crippen molar-refractivity contribution in [1.82, 2.24) is 19.3 Å². The summed E-state index contributed by atoms with van der Waals surface area (Å²) in [6, 6.07) is 11.5. The molecule has 4 aromatic rings. The third-order valence-electron chi connectivity index (χ3n) is 4.37. The highest BCUT2D eigenvalue weighted by Gasteiger charge is 2.14. The summed E-state index contributed by atoms with van der Waals surface area (Å²) in [5.74, 6) is 0.547. The summed E-state index contributed by atoms with van der Waals surface area (Å²) in [5, 5.41) is 10.3. The fourth-order valence-electron chi connectivity index (χ4n) is 2.89. The van der Waals surface area contributed by atoms with E-state index in [4.69, 9.17) is 0 Å². The van der Waals surface area contributed by atoms with Crippen molar-refractivity contribution in [3.05, 3.63) is 63.4 Å². The van der Waals surface area contributed by atoms with Crippen LogP contribution in [0.2, 0.25) is 0 Å². The van der Waals surface area contributed by atoms with E-state index in [2.05, 4.69) is 15.4 Å². The van der Waals surface area contributed by atoms with Crippen molar-refractivity contribution in [2.45, 2.75) is 19.0 Å². The molecular weight excluding hydrogens is 406 g/mol. The molecule has 4 rings (SSSR count). The Balaban J connectivity index is 1.51. The van der Waals surface area contributed by atoms with Crippen molar-refractivity contribution in [3.8, 4) is 5.69 Å². The molecular formula is C20H19N5O2S2. The minimum atomic E-state index is -0.191. The van der Waals surface area contributed by atoms with Crippen molar-refractivity contribution in [2.75, 3.05) is 11.1 Å². The second-order valence-electron chi connectivity index (χ2n) is 6.65. The van der Waals surface area contributed by atoms with Gasteiger partial charge in [0.15, 0.2) is 5.16 Å². The standard InChI is InChI=1S/C20H19N5O2S2/c1-12-4-6-14(7-5-12)25-16(10-13(2)23-25)21-17(26)11-29-20-22-18-15(8-9-28-18)19(27)24(20)3/h4-10H,11H2,1-3H3,(H,21,26). The zero-order valence-corrected chi connectivity index (χ0v) is 17.8. The minimum absolute atomic E-state index is 0.104. The van der Waals surface area contributed by atoms with Crippen LogP contribution in [0.3, 0.4) is 0 Å². The normalized spacial score (nSPS) is 11.1. The van der Waals surface area contributed by atoms with Gasteiger partial charge in [0, 0.05) is 13.1 Å². The SMILES string of the molecule is Cc1ccc(-n2nc(C)cc2NC(=O)CSc2nc3sccc3c(=O)n2C)cc1. The summed E-state index contributed by atoms with van der Waals surface area (Å²) in [7, 11) is 1.67. The number of carbonyl (C=O) groups excluding carboxylic acids is 1. The van der Waals surface area contributed by atoms with Crippen LogP contribution in [0.1, 0.15) is 11.3 Å². The lowest BCUT2D eigenvalue weighted by Crippen LogP contribution is -2.21. The molecule has 0 aliphatic heterocycles. The van der Waals surface area contributed by atoms with E-state index in [0.29, 0.717) is 21.2 Å². The Morgan fingerprint density at radius 1 is 1.21 bits per heavy atom. The molecule has 1 amide bonds. The third kappa shape index (κ3) is 3.96. The molecule has 0 saturated heterocycles. The maximum Gasteiger partial charge on any atom is 0.262 e. The molecule has 0 saturated carbocycles. The molecule has 0 fully saturated rings. The fourth-order valence-corrected chi connectivity index (χ4v) is 4.47. The maximum absolute atomic E-state index is 12.6. The first-order valence-corrected chi connectivity index (χ1v) is 10.8. The molecule has 0 aliphatic carbocycles. The van der Waals surface area contributed by atoms with Crippen LogP contribution in [-0.4, -0.2) is 31.0 Å². The van der Waals surface area contributed by atoms with Crippen molar-refractivity contribution in [2.24, 2.45) is 7.05 Å². The number of rotatable bonds is 5.